The van der Waals surface area contributed by atoms with E-state index in [2.05, 4.69) is 56.1 Å². The van der Waals surface area contributed by atoms with Crippen LogP contribution in [0.1, 0.15) is 65.5 Å². The lowest BCUT2D eigenvalue weighted by atomic mass is 9.96. The van der Waals surface area contributed by atoms with Crippen molar-refractivity contribution in [1.82, 2.24) is 9.80 Å². The molecule has 4 heteroatoms. The largest absolute Gasteiger partial charge is 0.443 e. The van der Waals surface area contributed by atoms with E-state index in [0.717, 1.165) is 30.6 Å². The van der Waals surface area contributed by atoms with Crippen molar-refractivity contribution in [2.45, 2.75) is 66.5 Å². The first-order valence-electron chi connectivity index (χ1n) is 10.4. The number of likely N-dealkylation sites (N-methyl/N-ethyl adjacent to an activating group) is 1. The van der Waals surface area contributed by atoms with Crippen LogP contribution in [0.3, 0.4) is 0 Å². The Morgan fingerprint density at radius 2 is 2.00 bits per heavy atom. The maximum absolute atomic E-state index is 12.6. The van der Waals surface area contributed by atoms with E-state index in [9.17, 15) is 4.79 Å². The van der Waals surface area contributed by atoms with Gasteiger partial charge in [0.05, 0.1) is 6.54 Å². The fourth-order valence-electron chi connectivity index (χ4n) is 3.12. The average molecular weight is 385 g/mol. The number of rotatable bonds is 7. The molecule has 2 rings (SSSR count). The lowest BCUT2D eigenvalue weighted by Gasteiger charge is -2.31. The first-order valence-corrected chi connectivity index (χ1v) is 10.4. The smallest absolute Gasteiger partial charge is 0.414 e. The molecule has 1 unspecified atom stereocenters. The number of hydrogen-bond acceptors (Lipinski definition) is 3. The third-order valence-corrected chi connectivity index (χ3v) is 4.97. The summed E-state index contributed by atoms with van der Waals surface area (Å²) in [6, 6.07) is 8.32. The van der Waals surface area contributed by atoms with Gasteiger partial charge in [-0.2, -0.15) is 0 Å². The third-order valence-electron chi connectivity index (χ3n) is 4.97. The maximum Gasteiger partial charge on any atom is 0.414 e. The van der Waals surface area contributed by atoms with Gasteiger partial charge < -0.3 is 9.64 Å². The van der Waals surface area contributed by atoms with Crippen LogP contribution in [0.5, 0.6) is 0 Å². The van der Waals surface area contributed by atoms with E-state index in [-0.39, 0.29) is 6.09 Å². The monoisotopic (exact) mass is 384 g/mol. The van der Waals surface area contributed by atoms with Crippen LogP contribution in [0.25, 0.3) is 5.57 Å². The highest BCUT2D eigenvalue weighted by Gasteiger charge is 2.26. The van der Waals surface area contributed by atoms with E-state index >= 15 is 0 Å². The Morgan fingerprint density at radius 3 is 2.64 bits per heavy atom. The predicted octanol–water partition coefficient (Wildman–Crippen LogP) is 6.05. The van der Waals surface area contributed by atoms with Crippen LogP contribution in [0.15, 0.2) is 42.7 Å². The number of ether oxygens (including phenoxy) is 1. The number of allylic oxidation sites excluding steroid dienone is 1. The summed E-state index contributed by atoms with van der Waals surface area (Å²) in [6.07, 6.45) is 8.41. The topological polar surface area (TPSA) is 32.8 Å². The Morgan fingerprint density at radius 1 is 1.29 bits per heavy atom. The minimum atomic E-state index is -0.504. The second-order valence-electron chi connectivity index (χ2n) is 8.62. The Hall–Kier alpha value is -2.23. The Kier molecular flexibility index (Phi) is 7.73. The lowest BCUT2D eigenvalue weighted by Crippen LogP contribution is -2.35. The molecule has 1 heterocycles. The zero-order valence-corrected chi connectivity index (χ0v) is 18.4. The van der Waals surface area contributed by atoms with Crippen LogP contribution in [0, 0.1) is 5.92 Å². The first kappa shape index (κ1) is 22.1. The second-order valence-corrected chi connectivity index (χ2v) is 8.62. The molecule has 1 atom stereocenters. The quantitative estimate of drug-likeness (QED) is 0.574. The number of benzene rings is 1. The van der Waals surface area contributed by atoms with Gasteiger partial charge >= 0.3 is 6.09 Å². The minimum Gasteiger partial charge on any atom is -0.443 e. The van der Waals surface area contributed by atoms with Crippen molar-refractivity contribution in [2.75, 3.05) is 13.1 Å². The van der Waals surface area contributed by atoms with Crippen molar-refractivity contribution in [3.8, 4) is 0 Å². The second kappa shape index (κ2) is 9.81. The molecule has 0 saturated carbocycles. The number of amides is 1. The summed E-state index contributed by atoms with van der Waals surface area (Å²) in [5.74, 6) is 0.701. The molecule has 1 aromatic carbocycles. The van der Waals surface area contributed by atoms with Gasteiger partial charge in [0.15, 0.2) is 0 Å². The molecule has 0 radical (unpaired) electrons. The van der Waals surface area contributed by atoms with E-state index in [1.165, 1.54) is 12.0 Å². The highest BCUT2D eigenvalue weighted by Crippen LogP contribution is 2.28. The van der Waals surface area contributed by atoms with Crippen molar-refractivity contribution < 1.29 is 9.53 Å². The highest BCUT2D eigenvalue weighted by molar-refractivity contribution is 5.78. The van der Waals surface area contributed by atoms with E-state index < -0.39 is 5.60 Å². The Bertz CT molecular complexity index is 716. The summed E-state index contributed by atoms with van der Waals surface area (Å²) in [5.41, 5.74) is 3.01. The normalized spacial score (nSPS) is 15.2. The molecule has 1 aliphatic rings. The number of nitrogens with zero attached hydrogens (tertiary/aromatic N) is 2. The predicted molar refractivity (Wildman–Crippen MR) is 117 cm³/mol. The lowest BCUT2D eigenvalue weighted by molar-refractivity contribution is 0.0321. The molecular weight excluding hydrogens is 348 g/mol. The van der Waals surface area contributed by atoms with Gasteiger partial charge in [-0.25, -0.2) is 4.79 Å². The van der Waals surface area contributed by atoms with Gasteiger partial charge in [-0.3, -0.25) is 4.90 Å². The van der Waals surface area contributed by atoms with Crippen molar-refractivity contribution in [1.29, 1.82) is 0 Å². The molecule has 1 aliphatic heterocycles. The molecule has 0 aliphatic carbocycles. The summed E-state index contributed by atoms with van der Waals surface area (Å²) in [7, 11) is 0. The molecular formula is C24H36N2O2. The summed E-state index contributed by atoms with van der Waals surface area (Å²) >= 11 is 0. The fourth-order valence-corrected chi connectivity index (χ4v) is 3.12. The van der Waals surface area contributed by atoms with Crippen LogP contribution in [-0.4, -0.2) is 34.6 Å². The molecule has 154 valence electrons. The maximum atomic E-state index is 12.6. The van der Waals surface area contributed by atoms with Gasteiger partial charge in [-0.05, 0) is 62.9 Å². The van der Waals surface area contributed by atoms with E-state index in [0.29, 0.717) is 12.5 Å². The molecule has 0 aromatic heterocycles. The van der Waals surface area contributed by atoms with Crippen LogP contribution >= 0.6 is 0 Å². The number of carbonyl (C=O) groups is 1. The molecule has 0 fully saturated rings. The van der Waals surface area contributed by atoms with Crippen molar-refractivity contribution >= 4 is 11.7 Å². The van der Waals surface area contributed by atoms with E-state index in [1.807, 2.05) is 33.0 Å². The molecule has 4 nitrogen and oxygen atoms in total. The number of fused-ring (bicyclic) bond motifs is 1. The zero-order chi connectivity index (χ0) is 20.7. The van der Waals surface area contributed by atoms with Crippen LogP contribution in [-0.2, 0) is 11.3 Å². The highest BCUT2D eigenvalue weighted by atomic mass is 16.6. The summed E-state index contributed by atoms with van der Waals surface area (Å²) in [4.78, 5) is 16.6. The van der Waals surface area contributed by atoms with Crippen LogP contribution in [0.4, 0.5) is 4.79 Å². The van der Waals surface area contributed by atoms with Gasteiger partial charge in [-0.1, -0.05) is 50.6 Å². The van der Waals surface area contributed by atoms with Gasteiger partial charge in [0.2, 0.25) is 0 Å². The van der Waals surface area contributed by atoms with E-state index in [4.69, 9.17) is 4.74 Å². The molecule has 28 heavy (non-hydrogen) atoms. The molecule has 1 aromatic rings. The van der Waals surface area contributed by atoms with E-state index in [1.54, 1.807) is 4.90 Å². The SMILES string of the molecule is CCC(C)C/C=C/N(CC)CC1=CN(C(=O)OC(C)(C)C)Cc2ccccc21. The van der Waals surface area contributed by atoms with Gasteiger partial charge in [0.1, 0.15) is 5.60 Å². The third kappa shape index (κ3) is 6.43. The molecule has 0 bridgehead atoms. The summed E-state index contributed by atoms with van der Waals surface area (Å²) < 4.78 is 5.59. The Balaban J connectivity index is 2.21. The van der Waals surface area contributed by atoms with Gasteiger partial charge in [-0.15, -0.1) is 0 Å². The molecule has 0 saturated heterocycles. The van der Waals surface area contributed by atoms with Crippen molar-refractivity contribution in [2.24, 2.45) is 5.92 Å². The minimum absolute atomic E-state index is 0.296. The van der Waals surface area contributed by atoms with Crippen LogP contribution < -0.4 is 0 Å². The molecule has 0 N–H and O–H groups in total. The molecule has 0 spiro atoms. The molecule has 1 amide bonds. The summed E-state index contributed by atoms with van der Waals surface area (Å²) in [5, 5.41) is 0. The average Bonchev–Trinajstić information content (AvgIpc) is 2.65. The van der Waals surface area contributed by atoms with Crippen molar-refractivity contribution in [3.05, 3.63) is 53.9 Å². The number of carbonyl (C=O) groups excluding carboxylic acids is 1. The van der Waals surface area contributed by atoms with Gasteiger partial charge in [0.25, 0.3) is 0 Å². The zero-order valence-electron chi connectivity index (χ0n) is 18.4. The Labute approximate surface area is 170 Å². The van der Waals surface area contributed by atoms with Crippen molar-refractivity contribution in [3.63, 3.8) is 0 Å². The van der Waals surface area contributed by atoms with Gasteiger partial charge in [0, 0.05) is 19.3 Å². The standard InChI is InChI=1S/C24H36N2O2/c1-7-19(3)12-11-15-25(8-2)16-21-18-26(23(27)28-24(4,5)6)17-20-13-9-10-14-22(20)21/h9-11,13-15,18-19H,7-8,12,16-17H2,1-6H3/b15-11+. The number of hydrogen-bond donors (Lipinski definition) is 0. The fraction of sp³-hybridized carbons (Fsp3) is 0.542. The van der Waals surface area contributed by atoms with Crippen LogP contribution in [0.2, 0.25) is 0 Å². The first-order chi connectivity index (χ1) is 13.2. The summed E-state index contributed by atoms with van der Waals surface area (Å²) in [6.45, 7) is 14.6.